The van der Waals surface area contributed by atoms with Crippen LogP contribution in [0.5, 0.6) is 0 Å². The summed E-state index contributed by atoms with van der Waals surface area (Å²) in [5.74, 6) is -3.02. The van der Waals surface area contributed by atoms with Crippen LogP contribution in [0.25, 0.3) is 17.3 Å². The molecule has 1 amide bonds. The Hall–Kier alpha value is -3.43. The maximum atomic E-state index is 13.8. The summed E-state index contributed by atoms with van der Waals surface area (Å²) in [6, 6.07) is 1.77. The Bertz CT molecular complexity index is 1240. The third-order valence-electron chi connectivity index (χ3n) is 6.75. The van der Waals surface area contributed by atoms with Crippen LogP contribution >= 0.6 is 0 Å². The zero-order valence-electron chi connectivity index (χ0n) is 18.5. The fourth-order valence-electron chi connectivity index (χ4n) is 5.04. The van der Waals surface area contributed by atoms with Crippen LogP contribution in [0.2, 0.25) is 0 Å². The van der Waals surface area contributed by atoms with E-state index in [0.717, 1.165) is 31.4 Å². The Morgan fingerprint density at radius 3 is 2.52 bits per heavy atom. The van der Waals surface area contributed by atoms with Crippen molar-refractivity contribution in [3.8, 4) is 17.3 Å². The minimum atomic E-state index is -1.54. The Balaban J connectivity index is 1.65. The number of likely N-dealkylation sites (N-methyl/N-ethyl adjacent to an activating group) is 1. The van der Waals surface area contributed by atoms with Crippen molar-refractivity contribution in [1.29, 1.82) is 0 Å². The highest BCUT2D eigenvalue weighted by molar-refractivity contribution is 6.07. The number of anilines is 2. The molecule has 5 rings (SSSR count). The van der Waals surface area contributed by atoms with E-state index in [2.05, 4.69) is 14.9 Å². The third kappa shape index (κ3) is 3.03. The first-order chi connectivity index (χ1) is 15.8. The van der Waals surface area contributed by atoms with Gasteiger partial charge in [0.25, 0.3) is 5.91 Å². The Morgan fingerprint density at radius 1 is 1.09 bits per heavy atom. The number of benzene rings is 1. The van der Waals surface area contributed by atoms with Gasteiger partial charge in [0.2, 0.25) is 5.95 Å². The molecule has 1 unspecified atom stereocenters. The largest absolute Gasteiger partial charge is 0.340 e. The van der Waals surface area contributed by atoms with Gasteiger partial charge in [0.15, 0.2) is 23.3 Å². The molecule has 33 heavy (non-hydrogen) atoms. The lowest BCUT2D eigenvalue weighted by molar-refractivity contribution is -0.126. The number of hydrogen-bond donors (Lipinski definition) is 0. The highest BCUT2D eigenvalue weighted by Gasteiger charge is 2.54. The molecule has 7 nitrogen and oxygen atoms in total. The van der Waals surface area contributed by atoms with Gasteiger partial charge in [-0.2, -0.15) is 4.98 Å². The number of halogens is 3. The van der Waals surface area contributed by atoms with Gasteiger partial charge in [-0.25, -0.2) is 23.1 Å². The first-order valence-corrected chi connectivity index (χ1v) is 10.9. The van der Waals surface area contributed by atoms with Crippen LogP contribution in [0.3, 0.4) is 0 Å². The van der Waals surface area contributed by atoms with Gasteiger partial charge in [-0.05, 0) is 37.3 Å². The van der Waals surface area contributed by atoms with Crippen molar-refractivity contribution < 1.29 is 18.0 Å². The van der Waals surface area contributed by atoms with E-state index in [1.807, 2.05) is 13.8 Å². The topological polar surface area (TPSA) is 67.2 Å². The molecule has 2 aliphatic heterocycles. The summed E-state index contributed by atoms with van der Waals surface area (Å²) in [5.41, 5.74) is -0.0333. The number of aromatic nitrogens is 4. The minimum Gasteiger partial charge on any atom is -0.340 e. The second-order valence-electron chi connectivity index (χ2n) is 8.81. The van der Waals surface area contributed by atoms with Gasteiger partial charge in [-0.3, -0.25) is 9.36 Å². The molecule has 1 saturated heterocycles. The maximum Gasteiger partial charge on any atom is 0.253 e. The number of nitrogens with zero attached hydrogens (tertiary/aromatic N) is 6. The van der Waals surface area contributed by atoms with Gasteiger partial charge in [0, 0.05) is 31.5 Å². The van der Waals surface area contributed by atoms with E-state index >= 15 is 0 Å². The molecule has 0 spiro atoms. The van der Waals surface area contributed by atoms with E-state index in [9.17, 15) is 18.0 Å². The summed E-state index contributed by atoms with van der Waals surface area (Å²) in [7, 11) is 1.73. The van der Waals surface area contributed by atoms with Crippen LogP contribution in [-0.4, -0.2) is 44.6 Å². The van der Waals surface area contributed by atoms with Crippen molar-refractivity contribution in [1.82, 2.24) is 19.5 Å². The molecule has 3 aromatic rings. The van der Waals surface area contributed by atoms with Crippen LogP contribution < -0.4 is 9.80 Å². The average Bonchev–Trinajstić information content (AvgIpc) is 3.30. The fourth-order valence-corrected chi connectivity index (χ4v) is 5.04. The van der Waals surface area contributed by atoms with Gasteiger partial charge >= 0.3 is 0 Å². The van der Waals surface area contributed by atoms with Crippen LogP contribution in [0.1, 0.15) is 33.1 Å². The van der Waals surface area contributed by atoms with Gasteiger partial charge in [0.05, 0.1) is 6.20 Å². The van der Waals surface area contributed by atoms with E-state index in [0.29, 0.717) is 18.1 Å². The predicted octanol–water partition coefficient (Wildman–Crippen LogP) is 4.11. The molecule has 2 aliphatic rings. The zero-order chi connectivity index (χ0) is 23.5. The molecule has 0 bridgehead atoms. The molecule has 172 valence electrons. The van der Waals surface area contributed by atoms with Crippen molar-refractivity contribution in [3.05, 3.63) is 48.2 Å². The summed E-state index contributed by atoms with van der Waals surface area (Å²) in [4.78, 5) is 30.5. The molecular formula is C23H23F3N6O. The first-order valence-electron chi connectivity index (χ1n) is 10.9. The van der Waals surface area contributed by atoms with Crippen molar-refractivity contribution >= 4 is 17.4 Å². The van der Waals surface area contributed by atoms with Crippen molar-refractivity contribution in [2.24, 2.45) is 5.92 Å². The van der Waals surface area contributed by atoms with E-state index < -0.39 is 23.0 Å². The number of carbonyl (C=O) groups excluding carboxylic acids is 1. The Morgan fingerprint density at radius 2 is 1.82 bits per heavy atom. The Labute approximate surface area is 188 Å². The summed E-state index contributed by atoms with van der Waals surface area (Å²) >= 11 is 0. The lowest BCUT2D eigenvalue weighted by Gasteiger charge is -2.54. The minimum absolute atomic E-state index is 0.0293. The second kappa shape index (κ2) is 7.57. The SMILES string of the molecule is CC(C)C12CCCCN1c1nc(-n3ccnc3-c3cc(F)c(F)c(F)c3)ncc1N(C)C2=O. The number of fused-ring (bicyclic) bond motifs is 3. The summed E-state index contributed by atoms with van der Waals surface area (Å²) in [6.45, 7) is 4.78. The zero-order valence-corrected chi connectivity index (χ0v) is 18.5. The molecule has 0 saturated carbocycles. The summed E-state index contributed by atoms with van der Waals surface area (Å²) in [6.07, 6.45) is 7.22. The van der Waals surface area contributed by atoms with Crippen molar-refractivity contribution in [3.63, 3.8) is 0 Å². The third-order valence-corrected chi connectivity index (χ3v) is 6.75. The molecule has 0 N–H and O–H groups in total. The fraction of sp³-hybridized carbons (Fsp3) is 0.391. The summed E-state index contributed by atoms with van der Waals surface area (Å²) in [5, 5.41) is 0. The monoisotopic (exact) mass is 456 g/mol. The molecule has 1 atom stereocenters. The van der Waals surface area contributed by atoms with Crippen LogP contribution in [0, 0.1) is 23.4 Å². The molecule has 0 aliphatic carbocycles. The lowest BCUT2D eigenvalue weighted by atomic mass is 9.75. The molecule has 10 heteroatoms. The van der Waals surface area contributed by atoms with Crippen LogP contribution in [0.4, 0.5) is 24.7 Å². The molecule has 2 aromatic heterocycles. The smallest absolute Gasteiger partial charge is 0.253 e. The predicted molar refractivity (Wildman–Crippen MR) is 117 cm³/mol. The van der Waals surface area contributed by atoms with E-state index in [-0.39, 0.29) is 29.2 Å². The number of imidazole rings is 1. The summed E-state index contributed by atoms with van der Waals surface area (Å²) < 4.78 is 42.6. The number of rotatable bonds is 3. The maximum absolute atomic E-state index is 13.8. The molecule has 4 heterocycles. The number of carbonyl (C=O) groups is 1. The quantitative estimate of drug-likeness (QED) is 0.555. The lowest BCUT2D eigenvalue weighted by Crippen LogP contribution is -2.67. The van der Waals surface area contributed by atoms with E-state index in [1.165, 1.54) is 10.8 Å². The molecule has 1 fully saturated rings. The highest BCUT2D eigenvalue weighted by atomic mass is 19.2. The normalized spacial score (nSPS) is 20.3. The number of hydrogen-bond acceptors (Lipinski definition) is 5. The van der Waals surface area contributed by atoms with Crippen LogP contribution in [-0.2, 0) is 4.79 Å². The van der Waals surface area contributed by atoms with Gasteiger partial charge in [-0.15, -0.1) is 0 Å². The Kier molecular flexibility index (Phi) is 4.91. The van der Waals surface area contributed by atoms with E-state index in [1.54, 1.807) is 24.3 Å². The number of amides is 1. The number of piperidine rings is 1. The van der Waals surface area contributed by atoms with Gasteiger partial charge < -0.3 is 9.80 Å². The highest BCUT2D eigenvalue weighted by Crippen LogP contribution is 2.46. The molecule has 1 aromatic carbocycles. The van der Waals surface area contributed by atoms with Crippen molar-refractivity contribution in [2.45, 2.75) is 38.6 Å². The molecule has 0 radical (unpaired) electrons. The molecular weight excluding hydrogens is 433 g/mol. The van der Waals surface area contributed by atoms with E-state index in [4.69, 9.17) is 4.98 Å². The van der Waals surface area contributed by atoms with Gasteiger partial charge in [-0.1, -0.05) is 13.8 Å². The van der Waals surface area contributed by atoms with Gasteiger partial charge in [0.1, 0.15) is 17.1 Å². The second-order valence-corrected chi connectivity index (χ2v) is 8.81. The first kappa shape index (κ1) is 21.4. The van der Waals surface area contributed by atoms with Crippen LogP contribution in [0.15, 0.2) is 30.7 Å². The van der Waals surface area contributed by atoms with Crippen molar-refractivity contribution in [2.75, 3.05) is 23.4 Å². The standard InChI is InChI=1S/C23H23F3N6O/c1-13(2)23-6-4-5-8-32(23)20-17(30(3)21(23)33)12-28-22(29-20)31-9-7-27-19(31)14-10-15(24)18(26)16(25)11-14/h7,9-13H,4-6,8H2,1-3H3. The average molecular weight is 456 g/mol.